The van der Waals surface area contributed by atoms with Crippen LogP contribution in [0.1, 0.15) is 0 Å². The van der Waals surface area contributed by atoms with Crippen molar-refractivity contribution < 1.29 is 4.42 Å². The molecule has 0 bridgehead atoms. The van der Waals surface area contributed by atoms with Gasteiger partial charge < -0.3 is 8.82 Å². The second-order valence-corrected chi connectivity index (χ2v) is 12.1. The Hall–Kier alpha value is -6.19. The molecule has 0 aliphatic rings. The molecule has 3 nitrogen and oxygen atoms in total. The molecule has 0 atom stereocenters. The molecule has 7 aromatic carbocycles. The fourth-order valence-electron chi connectivity index (χ4n) is 7.32. The normalized spacial score (nSPS) is 12.0. The van der Waals surface area contributed by atoms with Crippen LogP contribution >= 0.6 is 0 Å². The predicted molar refractivity (Wildman–Crippen MR) is 191 cm³/mol. The van der Waals surface area contributed by atoms with Crippen molar-refractivity contribution in [1.82, 2.24) is 4.40 Å². The molecule has 0 saturated heterocycles. The van der Waals surface area contributed by atoms with Crippen LogP contribution in [0.4, 0.5) is 0 Å². The molecule has 0 radical (unpaired) electrons. The molecule has 10 rings (SSSR count). The van der Waals surface area contributed by atoms with Gasteiger partial charge in [-0.25, -0.2) is 0 Å². The fraction of sp³-hybridized carbons (Fsp3) is 0. The SMILES string of the molecule is O=c1c2ccccc2oc2cc(-c3ccc(-c4cccc(-c5ccc6c7cccc8c9ccccc9n(c6c5)c87)c4)cc3)ccc12. The second kappa shape index (κ2) is 9.40. The molecular formula is C43H25NO2. The van der Waals surface area contributed by atoms with Gasteiger partial charge in [-0.1, -0.05) is 109 Å². The third kappa shape index (κ3) is 3.57. The average Bonchev–Trinajstić information content (AvgIpc) is 3.64. The van der Waals surface area contributed by atoms with Gasteiger partial charge in [0.2, 0.25) is 5.43 Å². The number of hydrogen-bond donors (Lipinski definition) is 0. The number of benzene rings is 7. The van der Waals surface area contributed by atoms with Gasteiger partial charge in [-0.15, -0.1) is 0 Å². The lowest BCUT2D eigenvalue weighted by Gasteiger charge is -2.09. The first-order valence-electron chi connectivity index (χ1n) is 15.6. The Balaban J connectivity index is 1.03. The van der Waals surface area contributed by atoms with E-state index in [0.717, 1.165) is 22.3 Å². The third-order valence-electron chi connectivity index (χ3n) is 9.55. The molecule has 0 spiro atoms. The van der Waals surface area contributed by atoms with Crippen LogP contribution in [0.2, 0.25) is 0 Å². The van der Waals surface area contributed by atoms with Crippen molar-refractivity contribution in [3.8, 4) is 33.4 Å². The molecule has 46 heavy (non-hydrogen) atoms. The Morgan fingerprint density at radius 1 is 0.370 bits per heavy atom. The quantitative estimate of drug-likeness (QED) is 0.193. The Bertz CT molecular complexity index is 2870. The van der Waals surface area contributed by atoms with Gasteiger partial charge in [-0.2, -0.15) is 0 Å². The van der Waals surface area contributed by atoms with Gasteiger partial charge in [0.15, 0.2) is 0 Å². The van der Waals surface area contributed by atoms with Gasteiger partial charge >= 0.3 is 0 Å². The van der Waals surface area contributed by atoms with Crippen molar-refractivity contribution >= 4 is 60.0 Å². The van der Waals surface area contributed by atoms with Gasteiger partial charge in [-0.05, 0) is 75.8 Å². The Kier molecular flexibility index (Phi) is 5.15. The molecule has 3 heteroatoms. The summed E-state index contributed by atoms with van der Waals surface area (Å²) in [4.78, 5) is 13.0. The minimum atomic E-state index is 0.00142. The number of aromatic nitrogens is 1. The summed E-state index contributed by atoms with van der Waals surface area (Å²) in [6, 6.07) is 52.8. The zero-order valence-corrected chi connectivity index (χ0v) is 24.7. The molecule has 0 saturated carbocycles. The number of fused-ring (bicyclic) bond motifs is 8. The molecule has 0 amide bonds. The molecule has 3 heterocycles. The summed E-state index contributed by atoms with van der Waals surface area (Å²) in [7, 11) is 0. The highest BCUT2D eigenvalue weighted by molar-refractivity contribution is 6.23. The predicted octanol–water partition coefficient (Wildman–Crippen LogP) is 11.1. The summed E-state index contributed by atoms with van der Waals surface area (Å²) in [5, 5.41) is 6.38. The minimum Gasteiger partial charge on any atom is -0.456 e. The molecule has 0 aliphatic carbocycles. The van der Waals surface area contributed by atoms with E-state index in [4.69, 9.17) is 4.42 Å². The van der Waals surface area contributed by atoms with E-state index >= 15 is 0 Å². The van der Waals surface area contributed by atoms with Crippen LogP contribution in [-0.2, 0) is 0 Å². The molecule has 0 aliphatic heterocycles. The molecular weight excluding hydrogens is 562 g/mol. The molecule has 3 aromatic heterocycles. The molecule has 0 N–H and O–H groups in total. The van der Waals surface area contributed by atoms with Gasteiger partial charge in [-0.3, -0.25) is 4.79 Å². The van der Waals surface area contributed by atoms with Crippen LogP contribution in [0.5, 0.6) is 0 Å². The number of rotatable bonds is 3. The second-order valence-electron chi connectivity index (χ2n) is 12.1. The first kappa shape index (κ1) is 25.2. The van der Waals surface area contributed by atoms with Crippen molar-refractivity contribution in [2.24, 2.45) is 0 Å². The van der Waals surface area contributed by atoms with Gasteiger partial charge in [0.25, 0.3) is 0 Å². The molecule has 10 aromatic rings. The van der Waals surface area contributed by atoms with Gasteiger partial charge in [0, 0.05) is 21.5 Å². The van der Waals surface area contributed by atoms with E-state index in [1.807, 2.05) is 42.5 Å². The summed E-state index contributed by atoms with van der Waals surface area (Å²) in [5.41, 5.74) is 11.8. The highest BCUT2D eigenvalue weighted by Gasteiger charge is 2.17. The van der Waals surface area contributed by atoms with Crippen LogP contribution in [0.3, 0.4) is 0 Å². The summed E-state index contributed by atoms with van der Waals surface area (Å²) in [5.74, 6) is 0. The summed E-state index contributed by atoms with van der Waals surface area (Å²) in [6.07, 6.45) is 0. The molecule has 0 fully saturated rings. The van der Waals surface area contributed by atoms with E-state index < -0.39 is 0 Å². The number of hydrogen-bond acceptors (Lipinski definition) is 2. The molecule has 0 unspecified atom stereocenters. The van der Waals surface area contributed by atoms with E-state index in [9.17, 15) is 4.79 Å². The monoisotopic (exact) mass is 587 g/mol. The number of nitrogens with zero attached hydrogens (tertiary/aromatic N) is 1. The van der Waals surface area contributed by atoms with E-state index in [2.05, 4.69) is 114 Å². The lowest BCUT2D eigenvalue weighted by atomic mass is 9.96. The van der Waals surface area contributed by atoms with Crippen molar-refractivity contribution in [2.45, 2.75) is 0 Å². The van der Waals surface area contributed by atoms with Crippen molar-refractivity contribution in [3.63, 3.8) is 0 Å². The highest BCUT2D eigenvalue weighted by atomic mass is 16.3. The van der Waals surface area contributed by atoms with Crippen LogP contribution < -0.4 is 5.43 Å². The van der Waals surface area contributed by atoms with Crippen LogP contribution in [-0.4, -0.2) is 4.40 Å². The zero-order chi connectivity index (χ0) is 30.4. The first-order valence-corrected chi connectivity index (χ1v) is 15.6. The Labute approximate surface area is 263 Å². The summed E-state index contributed by atoms with van der Waals surface area (Å²) >= 11 is 0. The van der Waals surface area contributed by atoms with E-state index in [1.165, 1.54) is 49.2 Å². The summed E-state index contributed by atoms with van der Waals surface area (Å²) in [6.45, 7) is 0. The lowest BCUT2D eigenvalue weighted by molar-refractivity contribution is 0.660. The maximum Gasteiger partial charge on any atom is 0.200 e. The van der Waals surface area contributed by atoms with Gasteiger partial charge in [0.05, 0.1) is 27.3 Å². The third-order valence-corrected chi connectivity index (χ3v) is 9.55. The smallest absolute Gasteiger partial charge is 0.200 e. The van der Waals surface area contributed by atoms with E-state index in [-0.39, 0.29) is 5.43 Å². The topological polar surface area (TPSA) is 34.6 Å². The van der Waals surface area contributed by atoms with E-state index in [0.29, 0.717) is 21.9 Å². The van der Waals surface area contributed by atoms with E-state index in [1.54, 1.807) is 0 Å². The Morgan fingerprint density at radius 2 is 0.891 bits per heavy atom. The largest absolute Gasteiger partial charge is 0.456 e. The maximum atomic E-state index is 13.0. The minimum absolute atomic E-state index is 0.00142. The number of para-hydroxylation sites is 3. The molecule has 214 valence electrons. The van der Waals surface area contributed by atoms with Crippen molar-refractivity contribution in [3.05, 3.63) is 162 Å². The fourth-order valence-corrected chi connectivity index (χ4v) is 7.32. The van der Waals surface area contributed by atoms with Crippen LogP contribution in [0.25, 0.3) is 93.4 Å². The average molecular weight is 588 g/mol. The first-order chi connectivity index (χ1) is 22.7. The van der Waals surface area contributed by atoms with Crippen molar-refractivity contribution in [1.29, 1.82) is 0 Å². The van der Waals surface area contributed by atoms with Gasteiger partial charge in [0.1, 0.15) is 11.2 Å². The summed E-state index contributed by atoms with van der Waals surface area (Å²) < 4.78 is 8.55. The van der Waals surface area contributed by atoms with Crippen molar-refractivity contribution in [2.75, 3.05) is 0 Å². The standard InChI is InChI=1S/C43H25NO2/c45-43-36-10-2-4-14-40(36)46-41-25-31(20-22-37(41)43)27-17-15-26(16-18-27)28-7-5-8-29(23-28)30-19-21-33-35-12-6-11-34-32-9-1-3-13-38(32)44(42(34)35)39(33)24-30/h1-25H. The van der Waals surface area contributed by atoms with Crippen LogP contribution in [0, 0.1) is 0 Å². The lowest BCUT2D eigenvalue weighted by Crippen LogP contribution is -2.01. The zero-order valence-electron chi connectivity index (χ0n) is 24.7. The highest BCUT2D eigenvalue weighted by Crippen LogP contribution is 2.40. The Morgan fingerprint density at radius 3 is 1.67 bits per heavy atom. The van der Waals surface area contributed by atoms with Crippen LogP contribution in [0.15, 0.2) is 161 Å². The maximum absolute atomic E-state index is 13.0.